The zero-order valence-electron chi connectivity index (χ0n) is 14.2. The van der Waals surface area contributed by atoms with Gasteiger partial charge in [0.1, 0.15) is 18.3 Å². The molecular formula is C17H20F2N2O6. The van der Waals surface area contributed by atoms with Crippen LogP contribution in [0.5, 0.6) is 0 Å². The van der Waals surface area contributed by atoms with Crippen molar-refractivity contribution < 1.29 is 28.8 Å². The Balaban J connectivity index is 1.95. The van der Waals surface area contributed by atoms with Crippen LogP contribution in [0.25, 0.3) is 0 Å². The second-order valence-corrected chi connectivity index (χ2v) is 6.50. The molecule has 4 atom stereocenters. The summed E-state index contributed by atoms with van der Waals surface area (Å²) in [5.41, 5.74) is -2.32. The van der Waals surface area contributed by atoms with Crippen LogP contribution in [0.3, 0.4) is 0 Å². The molecule has 0 bridgehead atoms. The van der Waals surface area contributed by atoms with Gasteiger partial charge in [-0.15, -0.1) is 0 Å². The molecule has 2 aliphatic rings. The molecule has 1 aliphatic carbocycles. The number of alkyl halides is 2. The van der Waals surface area contributed by atoms with Crippen LogP contribution in [-0.2, 0) is 11.3 Å². The Labute approximate surface area is 152 Å². The SMILES string of the molecule is O=c1ccn(C2OC(CO)C(O)C2O)c(=O)n1CC(F)(F)C1=CCCC=C1. The standard InChI is InChI=1S/C17H20F2N2O6/c18-17(19,10-4-2-1-3-5-10)9-21-12(23)6-7-20(16(21)26)15-14(25)13(24)11(8-22)27-15/h2,4-7,11,13-15,22,24-25H,1,3,8-9H2. The largest absolute Gasteiger partial charge is 0.394 e. The van der Waals surface area contributed by atoms with E-state index in [1.165, 1.54) is 12.2 Å². The van der Waals surface area contributed by atoms with Gasteiger partial charge in [0.25, 0.3) is 11.5 Å². The molecule has 148 valence electrons. The zero-order chi connectivity index (χ0) is 19.8. The molecule has 27 heavy (non-hydrogen) atoms. The fraction of sp³-hybridized carbons (Fsp3) is 0.529. The summed E-state index contributed by atoms with van der Waals surface area (Å²) in [6.07, 6.45) is 0.701. The quantitative estimate of drug-likeness (QED) is 0.631. The van der Waals surface area contributed by atoms with Gasteiger partial charge < -0.3 is 20.1 Å². The van der Waals surface area contributed by atoms with Gasteiger partial charge >= 0.3 is 5.69 Å². The van der Waals surface area contributed by atoms with E-state index < -0.39 is 54.9 Å². The highest BCUT2D eigenvalue weighted by molar-refractivity contribution is 5.28. The number of allylic oxidation sites excluding steroid dienone is 4. The van der Waals surface area contributed by atoms with Crippen molar-refractivity contribution >= 4 is 0 Å². The van der Waals surface area contributed by atoms with Crippen LogP contribution in [-0.4, -0.2) is 55.3 Å². The maximum Gasteiger partial charge on any atom is 0.333 e. The average Bonchev–Trinajstić information content (AvgIpc) is 2.94. The maximum absolute atomic E-state index is 14.5. The highest BCUT2D eigenvalue weighted by Gasteiger charge is 2.44. The maximum atomic E-state index is 14.5. The van der Waals surface area contributed by atoms with Crippen LogP contribution in [0, 0.1) is 0 Å². The molecule has 3 N–H and O–H groups in total. The number of aliphatic hydroxyl groups is 3. The number of halogens is 2. The predicted octanol–water partition coefficient (Wildman–Crippen LogP) is -0.467. The smallest absolute Gasteiger partial charge is 0.333 e. The second kappa shape index (κ2) is 7.47. The molecule has 2 heterocycles. The van der Waals surface area contributed by atoms with Crippen LogP contribution in [0.15, 0.2) is 45.7 Å². The van der Waals surface area contributed by atoms with Crippen molar-refractivity contribution in [3.8, 4) is 0 Å². The molecule has 0 aromatic carbocycles. The van der Waals surface area contributed by atoms with Gasteiger partial charge in [0.2, 0.25) is 0 Å². The fourth-order valence-electron chi connectivity index (χ4n) is 3.16. The minimum absolute atomic E-state index is 0.275. The Hall–Kier alpha value is -2.14. The van der Waals surface area contributed by atoms with Gasteiger partial charge in [-0.2, -0.15) is 8.78 Å². The van der Waals surface area contributed by atoms with Crippen molar-refractivity contribution in [3.63, 3.8) is 0 Å². The van der Waals surface area contributed by atoms with Gasteiger partial charge in [0.05, 0.1) is 13.2 Å². The Morgan fingerprint density at radius 2 is 1.96 bits per heavy atom. The zero-order valence-corrected chi connectivity index (χ0v) is 14.2. The van der Waals surface area contributed by atoms with Crippen molar-refractivity contribution in [3.05, 3.63) is 56.9 Å². The average molecular weight is 386 g/mol. The summed E-state index contributed by atoms with van der Waals surface area (Å²) in [6.45, 7) is -1.78. The summed E-state index contributed by atoms with van der Waals surface area (Å²) < 4.78 is 35.4. The molecule has 10 heteroatoms. The van der Waals surface area contributed by atoms with E-state index in [-0.39, 0.29) is 5.57 Å². The summed E-state index contributed by atoms with van der Waals surface area (Å²) in [5, 5.41) is 29.0. The first-order valence-electron chi connectivity index (χ1n) is 8.45. The van der Waals surface area contributed by atoms with E-state index in [4.69, 9.17) is 9.84 Å². The highest BCUT2D eigenvalue weighted by Crippen LogP contribution is 2.30. The Morgan fingerprint density at radius 3 is 2.56 bits per heavy atom. The number of rotatable bonds is 5. The first-order chi connectivity index (χ1) is 12.8. The first kappa shape index (κ1) is 19.6. The summed E-state index contributed by atoms with van der Waals surface area (Å²) >= 11 is 0. The van der Waals surface area contributed by atoms with E-state index in [1.807, 2.05) is 0 Å². The monoisotopic (exact) mass is 386 g/mol. The molecule has 1 fully saturated rings. The van der Waals surface area contributed by atoms with Gasteiger partial charge in [0.15, 0.2) is 6.23 Å². The molecule has 0 radical (unpaired) electrons. The molecule has 0 amide bonds. The first-order valence-corrected chi connectivity index (χ1v) is 8.45. The molecule has 8 nitrogen and oxygen atoms in total. The number of hydrogen-bond acceptors (Lipinski definition) is 6. The summed E-state index contributed by atoms with van der Waals surface area (Å²) in [6, 6.07) is 0.900. The molecule has 1 aliphatic heterocycles. The molecule has 4 unspecified atom stereocenters. The van der Waals surface area contributed by atoms with Gasteiger partial charge in [0, 0.05) is 17.8 Å². The van der Waals surface area contributed by atoms with Crippen LogP contribution in [0.4, 0.5) is 8.78 Å². The fourth-order valence-corrected chi connectivity index (χ4v) is 3.16. The van der Waals surface area contributed by atoms with Crippen molar-refractivity contribution in [2.24, 2.45) is 0 Å². The van der Waals surface area contributed by atoms with E-state index in [2.05, 4.69) is 0 Å². The third kappa shape index (κ3) is 3.65. The molecule has 0 spiro atoms. The number of ether oxygens (including phenoxy) is 1. The number of aliphatic hydroxyl groups excluding tert-OH is 3. The van der Waals surface area contributed by atoms with Gasteiger partial charge in [-0.3, -0.25) is 13.9 Å². The van der Waals surface area contributed by atoms with Crippen molar-refractivity contribution in [1.82, 2.24) is 9.13 Å². The topological polar surface area (TPSA) is 114 Å². The number of hydrogen-bond donors (Lipinski definition) is 3. The highest BCUT2D eigenvalue weighted by atomic mass is 19.3. The van der Waals surface area contributed by atoms with Crippen molar-refractivity contribution in [2.45, 2.75) is 49.8 Å². The van der Waals surface area contributed by atoms with Crippen molar-refractivity contribution in [2.75, 3.05) is 6.61 Å². The van der Waals surface area contributed by atoms with Crippen molar-refractivity contribution in [1.29, 1.82) is 0 Å². The summed E-state index contributed by atoms with van der Waals surface area (Å²) in [7, 11) is 0. The van der Waals surface area contributed by atoms with E-state index in [9.17, 15) is 28.6 Å². The number of nitrogens with zero attached hydrogens (tertiary/aromatic N) is 2. The summed E-state index contributed by atoms with van der Waals surface area (Å²) in [4.78, 5) is 24.6. The molecule has 3 rings (SSSR count). The van der Waals surface area contributed by atoms with Gasteiger partial charge in [-0.1, -0.05) is 18.2 Å². The third-order valence-corrected chi connectivity index (χ3v) is 4.66. The second-order valence-electron chi connectivity index (χ2n) is 6.50. The number of aromatic nitrogens is 2. The van der Waals surface area contributed by atoms with Crippen LogP contribution >= 0.6 is 0 Å². The molecule has 1 aromatic heterocycles. The van der Waals surface area contributed by atoms with Gasteiger partial charge in [-0.25, -0.2) is 4.79 Å². The Morgan fingerprint density at radius 1 is 1.22 bits per heavy atom. The van der Waals surface area contributed by atoms with E-state index in [0.29, 0.717) is 17.4 Å². The lowest BCUT2D eigenvalue weighted by molar-refractivity contribution is -0.0563. The normalized spacial score (nSPS) is 28.4. The molecule has 1 saturated heterocycles. The lowest BCUT2D eigenvalue weighted by Gasteiger charge is -2.22. The van der Waals surface area contributed by atoms with E-state index in [0.717, 1.165) is 16.8 Å². The lowest BCUT2D eigenvalue weighted by atomic mass is 10.0. The summed E-state index contributed by atoms with van der Waals surface area (Å²) in [5.74, 6) is -3.44. The van der Waals surface area contributed by atoms with Gasteiger partial charge in [-0.05, 0) is 12.8 Å². The molecular weight excluding hydrogens is 366 g/mol. The van der Waals surface area contributed by atoms with Crippen LogP contribution in [0.1, 0.15) is 19.1 Å². The molecule has 0 saturated carbocycles. The Kier molecular flexibility index (Phi) is 5.43. The minimum Gasteiger partial charge on any atom is -0.394 e. The minimum atomic E-state index is -3.44. The predicted molar refractivity (Wildman–Crippen MR) is 89.4 cm³/mol. The van der Waals surface area contributed by atoms with E-state index in [1.54, 1.807) is 6.08 Å². The van der Waals surface area contributed by atoms with Crippen LogP contribution in [0.2, 0.25) is 0 Å². The lowest BCUT2D eigenvalue weighted by Crippen LogP contribution is -2.46. The Bertz CT molecular complexity index is 875. The van der Waals surface area contributed by atoms with Crippen LogP contribution < -0.4 is 11.2 Å². The third-order valence-electron chi connectivity index (χ3n) is 4.66. The van der Waals surface area contributed by atoms with E-state index >= 15 is 0 Å². The molecule has 1 aromatic rings.